The maximum atomic E-state index is 14.8. The summed E-state index contributed by atoms with van der Waals surface area (Å²) in [4.78, 5) is 47.6. The quantitative estimate of drug-likeness (QED) is 0.453. The highest BCUT2D eigenvalue weighted by molar-refractivity contribution is 6.10. The van der Waals surface area contributed by atoms with Crippen LogP contribution in [0.5, 0.6) is 0 Å². The van der Waals surface area contributed by atoms with Gasteiger partial charge in [-0.3, -0.25) is 24.2 Å². The highest BCUT2D eigenvalue weighted by atomic mass is 19.3. The zero-order chi connectivity index (χ0) is 30.0. The molecule has 12 heteroatoms. The number of rotatable bonds is 7. The van der Waals surface area contributed by atoms with E-state index in [9.17, 15) is 38.1 Å². The van der Waals surface area contributed by atoms with Crippen molar-refractivity contribution >= 4 is 29.2 Å². The second-order valence-electron chi connectivity index (χ2n) is 10.1. The molecule has 2 aliphatic rings. The molecule has 212 valence electrons. The fraction of sp³-hybridized carbons (Fsp3) is 0.267. The van der Waals surface area contributed by atoms with Crippen molar-refractivity contribution in [1.82, 2.24) is 10.3 Å². The van der Waals surface area contributed by atoms with Crippen LogP contribution < -0.4 is 15.1 Å². The Hall–Kier alpha value is -5.23. The van der Waals surface area contributed by atoms with E-state index in [1.165, 1.54) is 24.4 Å². The van der Waals surface area contributed by atoms with Gasteiger partial charge in [0.25, 0.3) is 11.8 Å². The lowest BCUT2D eigenvalue weighted by atomic mass is 9.87. The Balaban J connectivity index is 1.62. The standard InChI is InChI=1S/C30H23F3N6O3/c31-21-10-19(17-35)11-23(13-21)38(27(20-4-2-1-3-5-20)28(41)37-22-14-30(32,33)15-22)29(42)24-6-7-26(40)39(24)25-12-18(16-34)8-9-36-25/h1-5,8-13,22,24,27H,6-7,14-15H2,(H,37,41)/t24-,27-/m0/s1. The number of carbonyl (C=O) groups is 3. The minimum atomic E-state index is -2.92. The first kappa shape index (κ1) is 28.3. The summed E-state index contributed by atoms with van der Waals surface area (Å²) in [5.74, 6) is -5.76. The molecule has 1 saturated heterocycles. The van der Waals surface area contributed by atoms with Crippen molar-refractivity contribution in [2.24, 2.45) is 0 Å². The van der Waals surface area contributed by atoms with E-state index in [-0.39, 0.29) is 41.0 Å². The smallest absolute Gasteiger partial charge is 0.252 e. The van der Waals surface area contributed by atoms with Crippen LogP contribution in [0.2, 0.25) is 0 Å². The third kappa shape index (κ3) is 5.65. The second-order valence-corrected chi connectivity index (χ2v) is 10.1. The zero-order valence-corrected chi connectivity index (χ0v) is 22.0. The lowest BCUT2D eigenvalue weighted by Gasteiger charge is -2.39. The SMILES string of the molecule is N#Cc1cc(F)cc(N(C(=O)[C@@H]2CCC(=O)N2c2cc(C#N)ccn2)[C@H](C(=O)NC2CC(F)(F)C2)c2ccccc2)c1. The number of alkyl halides is 2. The van der Waals surface area contributed by atoms with Crippen molar-refractivity contribution in [3.63, 3.8) is 0 Å². The molecule has 2 fully saturated rings. The molecule has 1 N–H and O–H groups in total. The largest absolute Gasteiger partial charge is 0.351 e. The summed E-state index contributed by atoms with van der Waals surface area (Å²) in [5.41, 5.74) is 0.219. The number of halogens is 3. The van der Waals surface area contributed by atoms with E-state index in [0.29, 0.717) is 0 Å². The van der Waals surface area contributed by atoms with Gasteiger partial charge in [0.1, 0.15) is 23.7 Å². The van der Waals surface area contributed by atoms with E-state index >= 15 is 0 Å². The predicted molar refractivity (Wildman–Crippen MR) is 143 cm³/mol. The topological polar surface area (TPSA) is 130 Å². The van der Waals surface area contributed by atoms with Crippen LogP contribution in [-0.4, -0.2) is 40.7 Å². The summed E-state index contributed by atoms with van der Waals surface area (Å²) >= 11 is 0. The van der Waals surface area contributed by atoms with Gasteiger partial charge < -0.3 is 5.32 Å². The highest BCUT2D eigenvalue weighted by Gasteiger charge is 2.48. The summed E-state index contributed by atoms with van der Waals surface area (Å²) in [6, 6.07) is 14.2. The number of pyridine rings is 1. The monoisotopic (exact) mass is 572 g/mol. The van der Waals surface area contributed by atoms with Crippen molar-refractivity contribution in [3.8, 4) is 12.1 Å². The van der Waals surface area contributed by atoms with Gasteiger partial charge in [0, 0.05) is 37.2 Å². The molecule has 2 aromatic carbocycles. The van der Waals surface area contributed by atoms with Crippen LogP contribution in [0.1, 0.15) is 48.4 Å². The summed E-state index contributed by atoms with van der Waals surface area (Å²) in [5, 5.41) is 21.4. The number of nitrogens with one attached hydrogen (secondary N) is 1. The lowest BCUT2D eigenvalue weighted by molar-refractivity contribution is -0.133. The number of nitrogens with zero attached hydrogens (tertiary/aromatic N) is 5. The van der Waals surface area contributed by atoms with Crippen LogP contribution in [0.25, 0.3) is 0 Å². The molecule has 1 aliphatic carbocycles. The molecule has 0 spiro atoms. The molecule has 0 radical (unpaired) electrons. The molecule has 1 aliphatic heterocycles. The number of aromatic nitrogens is 1. The second kappa shape index (κ2) is 11.3. The first-order chi connectivity index (χ1) is 20.1. The summed E-state index contributed by atoms with van der Waals surface area (Å²) in [7, 11) is 0. The molecular formula is C30H23F3N6O3. The van der Waals surface area contributed by atoms with Crippen molar-refractivity contribution in [2.75, 3.05) is 9.80 Å². The van der Waals surface area contributed by atoms with E-state index in [0.717, 1.165) is 21.9 Å². The molecule has 0 bridgehead atoms. The van der Waals surface area contributed by atoms with Crippen LogP contribution in [0.15, 0.2) is 66.9 Å². The van der Waals surface area contributed by atoms with Gasteiger partial charge in [0.15, 0.2) is 0 Å². The van der Waals surface area contributed by atoms with E-state index in [4.69, 9.17) is 0 Å². The molecule has 3 aromatic rings. The average Bonchev–Trinajstić information content (AvgIpc) is 3.35. The molecule has 2 atom stereocenters. The van der Waals surface area contributed by atoms with Gasteiger partial charge in [-0.2, -0.15) is 10.5 Å². The minimum absolute atomic E-state index is 0.0189. The van der Waals surface area contributed by atoms with Gasteiger partial charge in [-0.05, 0) is 42.3 Å². The Morgan fingerprint density at radius 2 is 1.76 bits per heavy atom. The molecule has 3 amide bonds. The first-order valence-electron chi connectivity index (χ1n) is 13.1. The van der Waals surface area contributed by atoms with E-state index < -0.39 is 60.4 Å². The number of benzene rings is 2. The third-order valence-electron chi connectivity index (χ3n) is 7.20. The molecular weight excluding hydrogens is 549 g/mol. The Morgan fingerprint density at radius 3 is 2.43 bits per heavy atom. The van der Waals surface area contributed by atoms with Crippen molar-refractivity contribution in [3.05, 3.63) is 89.4 Å². The fourth-order valence-electron chi connectivity index (χ4n) is 5.26. The number of hydrogen-bond donors (Lipinski definition) is 1. The summed E-state index contributed by atoms with van der Waals surface area (Å²) in [6.45, 7) is 0. The minimum Gasteiger partial charge on any atom is -0.351 e. The number of carbonyl (C=O) groups excluding carboxylic acids is 3. The Bertz CT molecular complexity index is 1630. The third-order valence-corrected chi connectivity index (χ3v) is 7.20. The number of anilines is 2. The molecule has 1 saturated carbocycles. The molecule has 42 heavy (non-hydrogen) atoms. The van der Waals surface area contributed by atoms with E-state index in [1.54, 1.807) is 30.3 Å². The predicted octanol–water partition coefficient (Wildman–Crippen LogP) is 4.15. The first-order valence-corrected chi connectivity index (χ1v) is 13.1. The molecule has 0 unspecified atom stereocenters. The van der Waals surface area contributed by atoms with Gasteiger partial charge in [0.05, 0.1) is 23.3 Å². The molecule has 9 nitrogen and oxygen atoms in total. The normalized spacial score (nSPS) is 18.4. The van der Waals surface area contributed by atoms with Gasteiger partial charge >= 0.3 is 0 Å². The van der Waals surface area contributed by atoms with Crippen molar-refractivity contribution < 1.29 is 27.6 Å². The number of hydrogen-bond acceptors (Lipinski definition) is 6. The molecule has 2 heterocycles. The van der Waals surface area contributed by atoms with Crippen LogP contribution in [0.3, 0.4) is 0 Å². The fourth-order valence-corrected chi connectivity index (χ4v) is 5.26. The van der Waals surface area contributed by atoms with Crippen molar-refractivity contribution in [1.29, 1.82) is 10.5 Å². The van der Waals surface area contributed by atoms with E-state index in [2.05, 4.69) is 10.3 Å². The summed E-state index contributed by atoms with van der Waals surface area (Å²) < 4.78 is 41.9. The Morgan fingerprint density at radius 1 is 1.05 bits per heavy atom. The molecule has 1 aromatic heterocycles. The zero-order valence-electron chi connectivity index (χ0n) is 22.0. The van der Waals surface area contributed by atoms with Crippen LogP contribution in [-0.2, 0) is 14.4 Å². The number of amides is 3. The number of nitriles is 2. The van der Waals surface area contributed by atoms with Gasteiger partial charge in [-0.15, -0.1) is 0 Å². The van der Waals surface area contributed by atoms with Crippen LogP contribution >= 0.6 is 0 Å². The van der Waals surface area contributed by atoms with Gasteiger partial charge in [0.2, 0.25) is 11.8 Å². The molecule has 5 rings (SSSR count). The van der Waals surface area contributed by atoms with E-state index in [1.807, 2.05) is 12.1 Å². The highest BCUT2D eigenvalue weighted by Crippen LogP contribution is 2.39. The van der Waals surface area contributed by atoms with Gasteiger partial charge in [-0.25, -0.2) is 18.2 Å². The van der Waals surface area contributed by atoms with Crippen LogP contribution in [0.4, 0.5) is 24.7 Å². The van der Waals surface area contributed by atoms with Crippen LogP contribution in [0, 0.1) is 28.5 Å². The maximum Gasteiger partial charge on any atom is 0.252 e. The maximum absolute atomic E-state index is 14.8. The average molecular weight is 573 g/mol. The van der Waals surface area contributed by atoms with Gasteiger partial charge in [-0.1, -0.05) is 30.3 Å². The van der Waals surface area contributed by atoms with Crippen molar-refractivity contribution in [2.45, 2.75) is 49.7 Å². The lowest BCUT2D eigenvalue weighted by Crippen LogP contribution is -2.56. The Labute approximate surface area is 238 Å². The Kier molecular flexibility index (Phi) is 7.64. The summed E-state index contributed by atoms with van der Waals surface area (Å²) in [6.07, 6.45) is 0.149.